The van der Waals surface area contributed by atoms with Gasteiger partial charge in [-0.25, -0.2) is 8.78 Å². The van der Waals surface area contributed by atoms with Crippen LogP contribution in [0.25, 0.3) is 10.9 Å². The maximum Gasteiger partial charge on any atom is 0.265 e. The number of anilines is 1. The number of aromatic nitrogens is 1. The first-order chi connectivity index (χ1) is 9.65. The molecule has 0 aliphatic heterocycles. The first-order valence-corrected chi connectivity index (χ1v) is 6.62. The minimum atomic E-state index is -0.757. The van der Waals surface area contributed by atoms with Crippen LogP contribution in [0.2, 0.25) is 0 Å². The third kappa shape index (κ3) is 2.25. The molecule has 2 aromatic heterocycles. The van der Waals surface area contributed by atoms with Crippen LogP contribution in [0.15, 0.2) is 41.9 Å². The van der Waals surface area contributed by atoms with Crippen molar-refractivity contribution in [3.05, 3.63) is 58.4 Å². The van der Waals surface area contributed by atoms with Crippen molar-refractivity contribution in [2.45, 2.75) is 0 Å². The minimum absolute atomic E-state index is 0.0235. The van der Waals surface area contributed by atoms with Gasteiger partial charge in [0, 0.05) is 17.6 Å². The highest BCUT2D eigenvalue weighted by Gasteiger charge is 2.12. The highest BCUT2D eigenvalue weighted by molar-refractivity contribution is 7.12. The highest BCUT2D eigenvalue weighted by Crippen LogP contribution is 2.25. The highest BCUT2D eigenvalue weighted by atomic mass is 32.1. The molecule has 3 nitrogen and oxygen atoms in total. The average molecular weight is 290 g/mol. The molecule has 2 heterocycles. The molecular weight excluding hydrogens is 282 g/mol. The second-order valence-electron chi connectivity index (χ2n) is 4.07. The van der Waals surface area contributed by atoms with Crippen LogP contribution in [-0.4, -0.2) is 10.9 Å². The van der Waals surface area contributed by atoms with Gasteiger partial charge in [0.25, 0.3) is 5.91 Å². The van der Waals surface area contributed by atoms with Crippen LogP contribution < -0.4 is 5.32 Å². The maximum atomic E-state index is 13.6. The molecule has 0 atom stereocenters. The van der Waals surface area contributed by atoms with E-state index in [1.807, 2.05) is 0 Å². The molecule has 0 saturated carbocycles. The zero-order valence-corrected chi connectivity index (χ0v) is 10.9. The van der Waals surface area contributed by atoms with Gasteiger partial charge in [0.15, 0.2) is 5.82 Å². The largest absolute Gasteiger partial charge is 0.321 e. The molecular formula is C14H8F2N2OS. The van der Waals surface area contributed by atoms with Crippen LogP contribution in [0.4, 0.5) is 14.5 Å². The summed E-state index contributed by atoms with van der Waals surface area (Å²) in [6.45, 7) is 0. The fourth-order valence-corrected chi connectivity index (χ4v) is 2.50. The standard InChI is InChI=1S/C14H8F2N2OS/c15-8-6-9-11(3-4-17-13(9)10(16)7-8)18-14(19)12-2-1-5-20-12/h1-7H,(H,17,18,19). The molecule has 20 heavy (non-hydrogen) atoms. The SMILES string of the molecule is O=C(Nc1ccnc2c(F)cc(F)cc12)c1cccs1. The zero-order valence-electron chi connectivity index (χ0n) is 10.1. The summed E-state index contributed by atoms with van der Waals surface area (Å²) in [7, 11) is 0. The van der Waals surface area contributed by atoms with Crippen molar-refractivity contribution in [2.75, 3.05) is 5.32 Å². The first-order valence-electron chi connectivity index (χ1n) is 5.74. The van der Waals surface area contributed by atoms with Gasteiger partial charge >= 0.3 is 0 Å². The van der Waals surface area contributed by atoms with E-state index in [2.05, 4.69) is 10.3 Å². The lowest BCUT2D eigenvalue weighted by Crippen LogP contribution is -2.10. The normalized spacial score (nSPS) is 10.7. The van der Waals surface area contributed by atoms with Gasteiger partial charge in [0.2, 0.25) is 0 Å². The van der Waals surface area contributed by atoms with Crippen molar-refractivity contribution in [2.24, 2.45) is 0 Å². The monoisotopic (exact) mass is 290 g/mol. The molecule has 1 N–H and O–H groups in total. The Morgan fingerprint density at radius 3 is 2.85 bits per heavy atom. The van der Waals surface area contributed by atoms with Gasteiger partial charge in [-0.15, -0.1) is 11.3 Å². The molecule has 0 aliphatic rings. The second-order valence-corrected chi connectivity index (χ2v) is 5.02. The van der Waals surface area contributed by atoms with E-state index in [4.69, 9.17) is 0 Å². The van der Waals surface area contributed by atoms with E-state index in [1.54, 1.807) is 17.5 Å². The van der Waals surface area contributed by atoms with Crippen molar-refractivity contribution < 1.29 is 13.6 Å². The van der Waals surface area contributed by atoms with Crippen LogP contribution in [0.3, 0.4) is 0 Å². The summed E-state index contributed by atoms with van der Waals surface area (Å²) in [5.41, 5.74) is 0.349. The Morgan fingerprint density at radius 1 is 1.25 bits per heavy atom. The van der Waals surface area contributed by atoms with E-state index in [0.29, 0.717) is 10.6 Å². The molecule has 0 fully saturated rings. The number of nitrogens with zero attached hydrogens (tertiary/aromatic N) is 1. The minimum Gasteiger partial charge on any atom is -0.321 e. The van der Waals surface area contributed by atoms with E-state index in [-0.39, 0.29) is 16.8 Å². The molecule has 6 heteroatoms. The molecule has 3 aromatic rings. The Balaban J connectivity index is 2.06. The average Bonchev–Trinajstić information content (AvgIpc) is 2.93. The number of halogens is 2. The van der Waals surface area contributed by atoms with Crippen LogP contribution in [0, 0.1) is 11.6 Å². The Bertz CT molecular complexity index is 787. The van der Waals surface area contributed by atoms with E-state index in [1.165, 1.54) is 23.6 Å². The van der Waals surface area contributed by atoms with Crippen molar-refractivity contribution in [3.8, 4) is 0 Å². The number of benzene rings is 1. The molecule has 0 aliphatic carbocycles. The summed E-state index contributed by atoms with van der Waals surface area (Å²) in [6.07, 6.45) is 1.37. The molecule has 100 valence electrons. The molecule has 0 spiro atoms. The van der Waals surface area contributed by atoms with E-state index < -0.39 is 11.6 Å². The third-order valence-corrected chi connectivity index (χ3v) is 3.62. The lowest BCUT2D eigenvalue weighted by molar-refractivity contribution is 0.103. The van der Waals surface area contributed by atoms with Gasteiger partial charge in [-0.05, 0) is 23.6 Å². The van der Waals surface area contributed by atoms with Crippen molar-refractivity contribution in [1.29, 1.82) is 0 Å². The summed E-state index contributed by atoms with van der Waals surface area (Å²) >= 11 is 1.29. The molecule has 0 radical (unpaired) electrons. The molecule has 0 unspecified atom stereocenters. The third-order valence-electron chi connectivity index (χ3n) is 2.76. The number of nitrogens with one attached hydrogen (secondary N) is 1. The molecule has 0 saturated heterocycles. The smallest absolute Gasteiger partial charge is 0.265 e. The van der Waals surface area contributed by atoms with Crippen molar-refractivity contribution in [3.63, 3.8) is 0 Å². The fraction of sp³-hybridized carbons (Fsp3) is 0. The molecule has 1 aromatic carbocycles. The van der Waals surface area contributed by atoms with Gasteiger partial charge in [-0.2, -0.15) is 0 Å². The number of rotatable bonds is 2. The van der Waals surface area contributed by atoms with Crippen LogP contribution in [0.1, 0.15) is 9.67 Å². The quantitative estimate of drug-likeness (QED) is 0.779. The Labute approximate surface area is 116 Å². The number of pyridine rings is 1. The van der Waals surface area contributed by atoms with Crippen molar-refractivity contribution in [1.82, 2.24) is 4.98 Å². The molecule has 0 bridgehead atoms. The number of carbonyl (C=O) groups excluding carboxylic acids is 1. The van der Waals surface area contributed by atoms with Crippen LogP contribution in [-0.2, 0) is 0 Å². The summed E-state index contributed by atoms with van der Waals surface area (Å²) < 4.78 is 26.9. The number of amides is 1. The molecule has 3 rings (SSSR count). The molecule has 1 amide bonds. The van der Waals surface area contributed by atoms with Crippen LogP contribution in [0.5, 0.6) is 0 Å². The van der Waals surface area contributed by atoms with Gasteiger partial charge in [0.1, 0.15) is 11.3 Å². The Hall–Kier alpha value is -2.34. The van der Waals surface area contributed by atoms with Gasteiger partial charge in [-0.1, -0.05) is 6.07 Å². The summed E-state index contributed by atoms with van der Waals surface area (Å²) in [5, 5.41) is 4.65. The van der Waals surface area contributed by atoms with Crippen LogP contribution >= 0.6 is 11.3 Å². The van der Waals surface area contributed by atoms with Gasteiger partial charge < -0.3 is 5.32 Å². The van der Waals surface area contributed by atoms with E-state index in [9.17, 15) is 13.6 Å². The Morgan fingerprint density at radius 2 is 2.10 bits per heavy atom. The predicted molar refractivity (Wildman–Crippen MR) is 73.9 cm³/mol. The summed E-state index contributed by atoms with van der Waals surface area (Å²) in [6, 6.07) is 6.84. The fourth-order valence-electron chi connectivity index (χ4n) is 1.88. The summed E-state index contributed by atoms with van der Waals surface area (Å²) in [5.74, 6) is -1.79. The second kappa shape index (κ2) is 4.97. The number of fused-ring (bicyclic) bond motifs is 1. The lowest BCUT2D eigenvalue weighted by atomic mass is 10.1. The van der Waals surface area contributed by atoms with E-state index in [0.717, 1.165) is 12.1 Å². The van der Waals surface area contributed by atoms with Gasteiger partial charge in [0.05, 0.1) is 10.6 Å². The number of thiophene rings is 1. The zero-order chi connectivity index (χ0) is 14.1. The van der Waals surface area contributed by atoms with Gasteiger partial charge in [-0.3, -0.25) is 9.78 Å². The number of hydrogen-bond acceptors (Lipinski definition) is 3. The lowest BCUT2D eigenvalue weighted by Gasteiger charge is -2.08. The topological polar surface area (TPSA) is 42.0 Å². The van der Waals surface area contributed by atoms with E-state index >= 15 is 0 Å². The Kier molecular flexibility index (Phi) is 3.15. The maximum absolute atomic E-state index is 13.6. The number of hydrogen-bond donors (Lipinski definition) is 1. The summed E-state index contributed by atoms with van der Waals surface area (Å²) in [4.78, 5) is 16.4. The van der Waals surface area contributed by atoms with Crippen molar-refractivity contribution >= 4 is 33.8 Å². The predicted octanol–water partition coefficient (Wildman–Crippen LogP) is 3.83. The first kappa shape index (κ1) is 12.7. The number of carbonyl (C=O) groups is 1.